The summed E-state index contributed by atoms with van der Waals surface area (Å²) < 4.78 is 6.47. The molecule has 0 unspecified atom stereocenters. The number of hydrogen-bond acceptors (Lipinski definition) is 7. The SMILES string of the molecule is CCCC[C@@H](OCc1ccc(C(=O)N[C@@H](CCSC)C(=O)O)c(-c2ccccc2C)c1)c1cnc(CN(C)C)s1. The number of carboxylic acid groups (broad SMARTS) is 1. The number of aryl methyl sites for hydroxylation is 1. The molecule has 3 aromatic rings. The van der Waals surface area contributed by atoms with Crippen molar-refractivity contribution >= 4 is 35.0 Å². The molecular formula is C31H41N3O4S2. The Hall–Kier alpha value is -2.72. The molecule has 0 aliphatic heterocycles. The van der Waals surface area contributed by atoms with E-state index in [1.165, 1.54) is 0 Å². The van der Waals surface area contributed by atoms with Gasteiger partial charge in [0.15, 0.2) is 0 Å². The third kappa shape index (κ3) is 9.16. The van der Waals surface area contributed by atoms with Crippen LogP contribution in [0.3, 0.4) is 0 Å². The van der Waals surface area contributed by atoms with Crippen LogP contribution >= 0.6 is 23.1 Å². The lowest BCUT2D eigenvalue weighted by molar-refractivity contribution is -0.139. The summed E-state index contributed by atoms with van der Waals surface area (Å²) in [5.41, 5.74) is 4.13. The smallest absolute Gasteiger partial charge is 0.326 e. The van der Waals surface area contributed by atoms with Crippen LogP contribution in [0.4, 0.5) is 0 Å². The van der Waals surface area contributed by atoms with E-state index in [-0.39, 0.29) is 6.10 Å². The lowest BCUT2D eigenvalue weighted by Gasteiger charge is -2.19. The summed E-state index contributed by atoms with van der Waals surface area (Å²) in [6.07, 6.45) is 7.22. The fourth-order valence-corrected chi connectivity index (χ4v) is 6.01. The maximum Gasteiger partial charge on any atom is 0.326 e. The Morgan fingerprint density at radius 1 is 1.15 bits per heavy atom. The second-order valence-electron chi connectivity index (χ2n) is 10.2. The number of carbonyl (C=O) groups is 2. The van der Waals surface area contributed by atoms with Crippen molar-refractivity contribution in [3.8, 4) is 11.1 Å². The lowest BCUT2D eigenvalue weighted by atomic mass is 9.93. The number of thiazole rings is 1. The first-order valence-electron chi connectivity index (χ1n) is 13.7. The zero-order valence-electron chi connectivity index (χ0n) is 24.1. The summed E-state index contributed by atoms with van der Waals surface area (Å²) in [7, 11) is 4.07. The van der Waals surface area contributed by atoms with E-state index in [1.54, 1.807) is 29.2 Å². The van der Waals surface area contributed by atoms with Gasteiger partial charge in [0.05, 0.1) is 17.6 Å². The number of benzene rings is 2. The first-order chi connectivity index (χ1) is 19.2. The molecule has 0 aliphatic rings. The number of carboxylic acids is 1. The summed E-state index contributed by atoms with van der Waals surface area (Å²) in [4.78, 5) is 33.0. The van der Waals surface area contributed by atoms with Gasteiger partial charge in [0.1, 0.15) is 11.0 Å². The molecule has 0 spiro atoms. The number of ether oxygens (including phenoxy) is 1. The molecular weight excluding hydrogens is 542 g/mol. The third-order valence-corrected chi connectivity index (χ3v) is 8.31. The molecule has 0 radical (unpaired) electrons. The molecule has 216 valence electrons. The van der Waals surface area contributed by atoms with Crippen LogP contribution in [0.5, 0.6) is 0 Å². The number of unbranched alkanes of at least 4 members (excludes halogenated alkanes) is 1. The normalized spacial score (nSPS) is 12.8. The molecule has 0 aliphatic carbocycles. The van der Waals surface area contributed by atoms with Crippen molar-refractivity contribution in [3.63, 3.8) is 0 Å². The zero-order chi connectivity index (χ0) is 29.1. The molecule has 2 N–H and O–H groups in total. The van der Waals surface area contributed by atoms with Crippen LogP contribution in [0.25, 0.3) is 11.1 Å². The van der Waals surface area contributed by atoms with Gasteiger partial charge in [-0.3, -0.25) is 4.79 Å². The van der Waals surface area contributed by atoms with Gasteiger partial charge in [0, 0.05) is 18.3 Å². The van der Waals surface area contributed by atoms with Gasteiger partial charge < -0.3 is 20.1 Å². The van der Waals surface area contributed by atoms with E-state index in [0.717, 1.165) is 57.9 Å². The zero-order valence-corrected chi connectivity index (χ0v) is 25.7. The Kier molecular flexibility index (Phi) is 12.6. The standard InChI is InChI=1S/C31H41N3O4S2/c1-6-7-12-27(28-18-32-29(40-28)19-34(3)4)38-20-22-13-14-24(25(17-22)23-11-9-8-10-21(23)2)30(35)33-26(31(36)37)15-16-39-5/h8-11,13-14,17-18,26-27H,6-7,12,15-16,19-20H2,1-5H3,(H,33,35)(H,36,37)/t26-,27+/m0/s1. The van der Waals surface area contributed by atoms with Gasteiger partial charge in [-0.1, -0.05) is 50.1 Å². The van der Waals surface area contributed by atoms with E-state index in [1.807, 2.05) is 69.9 Å². The molecule has 2 atom stereocenters. The number of aromatic nitrogens is 1. The van der Waals surface area contributed by atoms with Gasteiger partial charge in [-0.15, -0.1) is 11.3 Å². The number of amides is 1. The number of nitrogens with one attached hydrogen (secondary N) is 1. The van der Waals surface area contributed by atoms with Crippen molar-refractivity contribution in [1.29, 1.82) is 0 Å². The fraction of sp³-hybridized carbons (Fsp3) is 0.452. The average Bonchev–Trinajstić information content (AvgIpc) is 3.38. The number of rotatable bonds is 16. The van der Waals surface area contributed by atoms with Crippen LogP contribution in [-0.2, 0) is 22.7 Å². The van der Waals surface area contributed by atoms with Crippen molar-refractivity contribution in [2.45, 2.75) is 64.8 Å². The molecule has 9 heteroatoms. The number of hydrogen-bond donors (Lipinski definition) is 2. The monoisotopic (exact) mass is 583 g/mol. The topological polar surface area (TPSA) is 91.8 Å². The highest BCUT2D eigenvalue weighted by atomic mass is 32.2. The van der Waals surface area contributed by atoms with Gasteiger partial charge in [0.2, 0.25) is 0 Å². The minimum Gasteiger partial charge on any atom is -0.480 e. The summed E-state index contributed by atoms with van der Waals surface area (Å²) in [6, 6.07) is 12.6. The first-order valence-corrected chi connectivity index (χ1v) is 15.9. The van der Waals surface area contributed by atoms with Crippen LogP contribution in [0, 0.1) is 6.92 Å². The third-order valence-electron chi connectivity index (χ3n) is 6.59. The molecule has 40 heavy (non-hydrogen) atoms. The molecule has 0 fully saturated rings. The van der Waals surface area contributed by atoms with Gasteiger partial charge >= 0.3 is 5.97 Å². The number of thioether (sulfide) groups is 1. The molecule has 7 nitrogen and oxygen atoms in total. The maximum atomic E-state index is 13.4. The summed E-state index contributed by atoms with van der Waals surface area (Å²) >= 11 is 3.25. The highest BCUT2D eigenvalue weighted by molar-refractivity contribution is 7.98. The highest BCUT2D eigenvalue weighted by Gasteiger charge is 2.23. The van der Waals surface area contributed by atoms with E-state index in [2.05, 4.69) is 22.1 Å². The molecule has 0 saturated heterocycles. The van der Waals surface area contributed by atoms with Crippen LogP contribution in [-0.4, -0.2) is 59.0 Å². The first kappa shape index (κ1) is 31.8. The average molecular weight is 584 g/mol. The van der Waals surface area contributed by atoms with Crippen molar-refractivity contribution < 1.29 is 19.4 Å². The largest absolute Gasteiger partial charge is 0.480 e. The number of nitrogens with zero attached hydrogens (tertiary/aromatic N) is 2. The Morgan fingerprint density at radius 2 is 1.93 bits per heavy atom. The van der Waals surface area contributed by atoms with Gasteiger partial charge in [-0.05, 0) is 80.3 Å². The van der Waals surface area contributed by atoms with Crippen molar-refractivity contribution in [2.75, 3.05) is 26.1 Å². The number of aliphatic carboxylic acids is 1. The molecule has 1 aromatic heterocycles. The van der Waals surface area contributed by atoms with Crippen LogP contribution < -0.4 is 5.32 Å². The van der Waals surface area contributed by atoms with Crippen LogP contribution in [0.15, 0.2) is 48.7 Å². The van der Waals surface area contributed by atoms with Crippen LogP contribution in [0.2, 0.25) is 0 Å². The maximum absolute atomic E-state index is 13.4. The van der Waals surface area contributed by atoms with Crippen molar-refractivity contribution in [2.24, 2.45) is 0 Å². The van der Waals surface area contributed by atoms with Crippen LogP contribution in [0.1, 0.15) is 70.1 Å². The molecule has 1 heterocycles. The van der Waals surface area contributed by atoms with E-state index in [4.69, 9.17) is 4.74 Å². The Labute approximate surface area is 246 Å². The Bertz CT molecular complexity index is 1260. The second-order valence-corrected chi connectivity index (χ2v) is 12.3. The second kappa shape index (κ2) is 15.9. The Morgan fingerprint density at radius 3 is 2.60 bits per heavy atom. The van der Waals surface area contributed by atoms with E-state index < -0.39 is 17.9 Å². The van der Waals surface area contributed by atoms with E-state index in [0.29, 0.717) is 24.3 Å². The predicted octanol–water partition coefficient (Wildman–Crippen LogP) is 6.56. The minimum atomic E-state index is -1.03. The fourth-order valence-electron chi connectivity index (χ4n) is 4.42. The van der Waals surface area contributed by atoms with Gasteiger partial charge in [-0.25, -0.2) is 9.78 Å². The quantitative estimate of drug-likeness (QED) is 0.197. The lowest BCUT2D eigenvalue weighted by Crippen LogP contribution is -2.41. The molecule has 1 amide bonds. The van der Waals surface area contributed by atoms with Crippen molar-refractivity contribution in [3.05, 3.63) is 75.2 Å². The molecule has 2 aromatic carbocycles. The minimum absolute atomic E-state index is 0.0500. The van der Waals surface area contributed by atoms with E-state index in [9.17, 15) is 14.7 Å². The predicted molar refractivity (Wildman–Crippen MR) is 165 cm³/mol. The molecule has 0 saturated carbocycles. The van der Waals surface area contributed by atoms with Crippen molar-refractivity contribution in [1.82, 2.24) is 15.2 Å². The summed E-state index contributed by atoms with van der Waals surface area (Å²) in [5, 5.41) is 13.4. The Balaban J connectivity index is 1.88. The van der Waals surface area contributed by atoms with Gasteiger partial charge in [-0.2, -0.15) is 11.8 Å². The molecule has 0 bridgehead atoms. The highest BCUT2D eigenvalue weighted by Crippen LogP contribution is 2.32. The van der Waals surface area contributed by atoms with E-state index >= 15 is 0 Å². The summed E-state index contributed by atoms with van der Waals surface area (Å²) in [5.74, 6) is -0.772. The van der Waals surface area contributed by atoms with Gasteiger partial charge in [0.25, 0.3) is 5.91 Å². The molecule has 3 rings (SSSR count). The summed E-state index contributed by atoms with van der Waals surface area (Å²) in [6.45, 7) is 5.38. The number of carbonyl (C=O) groups excluding carboxylic acids is 1.